The van der Waals surface area contributed by atoms with Crippen LogP contribution in [-0.2, 0) is 6.54 Å². The lowest BCUT2D eigenvalue weighted by Gasteiger charge is -2.31. The summed E-state index contributed by atoms with van der Waals surface area (Å²) >= 11 is 1.64. The number of aliphatic imine (C=N–C) groups is 1. The van der Waals surface area contributed by atoms with Crippen molar-refractivity contribution < 1.29 is 14.3 Å². The van der Waals surface area contributed by atoms with Crippen molar-refractivity contribution >= 4 is 29.2 Å². The zero-order valence-corrected chi connectivity index (χ0v) is 19.8. The molecule has 1 amide bonds. The minimum atomic E-state index is -0.758. The number of piperidine rings is 1. The highest BCUT2D eigenvalue weighted by molar-refractivity contribution is 7.99. The number of fused-ring (bicyclic) bond motifs is 2. The van der Waals surface area contributed by atoms with E-state index in [4.69, 9.17) is 4.99 Å². The lowest BCUT2D eigenvalue weighted by Crippen LogP contribution is -2.39. The third-order valence-corrected chi connectivity index (χ3v) is 7.32. The summed E-state index contributed by atoms with van der Waals surface area (Å²) in [5.41, 5.74) is 3.19. The summed E-state index contributed by atoms with van der Waals surface area (Å²) in [7, 11) is 1.75. The van der Waals surface area contributed by atoms with Crippen LogP contribution in [-0.4, -0.2) is 53.0 Å². The van der Waals surface area contributed by atoms with E-state index >= 15 is 0 Å². The van der Waals surface area contributed by atoms with E-state index in [-0.39, 0.29) is 11.7 Å². The number of phenols is 1. The summed E-state index contributed by atoms with van der Waals surface area (Å²) in [6, 6.07) is 20.7. The van der Waals surface area contributed by atoms with Gasteiger partial charge in [0.2, 0.25) is 0 Å². The lowest BCUT2D eigenvalue weighted by atomic mass is 10.1. The quantitative estimate of drug-likeness (QED) is 0.533. The molecule has 0 radical (unpaired) electrons. The second-order valence-electron chi connectivity index (χ2n) is 8.71. The van der Waals surface area contributed by atoms with Gasteiger partial charge in [-0.05, 0) is 54.8 Å². The van der Waals surface area contributed by atoms with E-state index in [1.807, 2.05) is 36.4 Å². The van der Waals surface area contributed by atoms with Gasteiger partial charge in [0.25, 0.3) is 5.91 Å². The van der Waals surface area contributed by atoms with Gasteiger partial charge in [0, 0.05) is 47.6 Å². The van der Waals surface area contributed by atoms with Gasteiger partial charge in [0.15, 0.2) is 0 Å². The Balaban J connectivity index is 1.47. The molecule has 0 spiro atoms. The van der Waals surface area contributed by atoms with Crippen molar-refractivity contribution in [2.24, 2.45) is 4.99 Å². The standard InChI is InChI=1S/C27H26FN3O2S/c1-30(17-18-5-4-6-21(32)15-18)27(33)19-9-10-25-23(16-19)29-26(31-13-11-20(28)12-14-31)22-7-2-3-8-24(22)34-25/h2-10,15-16,20,32H,11-14,17H2,1H3. The van der Waals surface area contributed by atoms with Crippen LogP contribution in [0.5, 0.6) is 5.75 Å². The Morgan fingerprint density at radius 2 is 1.88 bits per heavy atom. The molecule has 2 aliphatic heterocycles. The van der Waals surface area contributed by atoms with Gasteiger partial charge in [-0.15, -0.1) is 0 Å². The maximum Gasteiger partial charge on any atom is 0.253 e. The smallest absolute Gasteiger partial charge is 0.253 e. The Hall–Kier alpha value is -3.32. The number of halogens is 1. The number of alkyl halides is 1. The topological polar surface area (TPSA) is 56.1 Å². The van der Waals surface area contributed by atoms with Crippen LogP contribution in [0.2, 0.25) is 0 Å². The van der Waals surface area contributed by atoms with E-state index in [1.54, 1.807) is 41.9 Å². The normalized spacial score (nSPS) is 15.7. The predicted octanol–water partition coefficient (Wildman–Crippen LogP) is 5.64. The van der Waals surface area contributed by atoms with E-state index in [2.05, 4.69) is 17.0 Å². The number of hydrogen-bond donors (Lipinski definition) is 1. The molecule has 5 rings (SSSR count). The molecule has 34 heavy (non-hydrogen) atoms. The van der Waals surface area contributed by atoms with Gasteiger partial charge in [0.1, 0.15) is 17.8 Å². The first-order valence-corrected chi connectivity index (χ1v) is 12.2. The molecule has 7 heteroatoms. The Morgan fingerprint density at radius 3 is 2.68 bits per heavy atom. The predicted molar refractivity (Wildman–Crippen MR) is 133 cm³/mol. The summed E-state index contributed by atoms with van der Waals surface area (Å²) in [6.45, 7) is 1.64. The number of rotatable bonds is 3. The summed E-state index contributed by atoms with van der Waals surface area (Å²) in [5, 5.41) is 9.72. The summed E-state index contributed by atoms with van der Waals surface area (Å²) < 4.78 is 13.8. The number of nitrogens with zero attached hydrogens (tertiary/aromatic N) is 3. The molecule has 174 valence electrons. The zero-order valence-electron chi connectivity index (χ0n) is 18.9. The second-order valence-corrected chi connectivity index (χ2v) is 9.79. The SMILES string of the molecule is CN(Cc1cccc(O)c1)C(=O)c1ccc2c(c1)N=C(N1CCC(F)CC1)c1ccccc1S2. The largest absolute Gasteiger partial charge is 0.508 e. The van der Waals surface area contributed by atoms with Crippen LogP contribution in [0.4, 0.5) is 10.1 Å². The molecule has 0 aromatic heterocycles. The Kier molecular flexibility index (Phi) is 6.28. The van der Waals surface area contributed by atoms with Gasteiger partial charge in [-0.1, -0.05) is 42.1 Å². The highest BCUT2D eigenvalue weighted by Gasteiger charge is 2.26. The van der Waals surface area contributed by atoms with Crippen LogP contribution in [0.1, 0.15) is 34.3 Å². The molecule has 1 fully saturated rings. The fourth-order valence-corrected chi connectivity index (χ4v) is 5.38. The molecule has 0 bridgehead atoms. The average molecular weight is 476 g/mol. The van der Waals surface area contributed by atoms with Crippen molar-refractivity contribution in [1.82, 2.24) is 9.80 Å². The first-order valence-electron chi connectivity index (χ1n) is 11.4. The number of phenolic OH excluding ortho intramolecular Hbond substituents is 1. The molecule has 0 aliphatic carbocycles. The Labute approximate surface area is 202 Å². The van der Waals surface area contributed by atoms with E-state index in [9.17, 15) is 14.3 Å². The maximum absolute atomic E-state index is 13.8. The van der Waals surface area contributed by atoms with Crippen molar-refractivity contribution in [3.8, 4) is 5.75 Å². The van der Waals surface area contributed by atoms with Crippen molar-refractivity contribution in [2.45, 2.75) is 35.3 Å². The average Bonchev–Trinajstić information content (AvgIpc) is 3.00. The molecule has 2 heterocycles. The molecule has 0 unspecified atom stereocenters. The van der Waals surface area contributed by atoms with Crippen LogP contribution < -0.4 is 0 Å². The van der Waals surface area contributed by atoms with Crippen molar-refractivity contribution in [3.63, 3.8) is 0 Å². The Morgan fingerprint density at radius 1 is 1.09 bits per heavy atom. The molecule has 0 atom stereocenters. The molecule has 3 aromatic rings. The molecular formula is C27H26FN3O2S. The number of amidine groups is 1. The molecule has 1 N–H and O–H groups in total. The van der Waals surface area contributed by atoms with Gasteiger partial charge in [-0.2, -0.15) is 0 Å². The number of aromatic hydroxyl groups is 1. The number of carbonyl (C=O) groups excluding carboxylic acids is 1. The molecular weight excluding hydrogens is 449 g/mol. The third kappa shape index (κ3) is 4.66. The number of benzene rings is 3. The molecule has 2 aliphatic rings. The highest BCUT2D eigenvalue weighted by atomic mass is 32.2. The number of likely N-dealkylation sites (tertiary alicyclic amines) is 1. The van der Waals surface area contributed by atoms with Crippen molar-refractivity contribution in [2.75, 3.05) is 20.1 Å². The number of carbonyl (C=O) groups is 1. The summed E-state index contributed by atoms with van der Waals surface area (Å²) in [5.74, 6) is 0.901. The Bertz CT molecular complexity index is 1250. The van der Waals surface area contributed by atoms with Crippen molar-refractivity contribution in [1.29, 1.82) is 0 Å². The summed E-state index contributed by atoms with van der Waals surface area (Å²) in [6.07, 6.45) is 0.241. The third-order valence-electron chi connectivity index (χ3n) is 6.18. The monoisotopic (exact) mass is 475 g/mol. The highest BCUT2D eigenvalue weighted by Crippen LogP contribution is 2.41. The maximum atomic E-state index is 13.8. The first kappa shape index (κ1) is 22.5. The van der Waals surface area contributed by atoms with Gasteiger partial charge >= 0.3 is 0 Å². The van der Waals surface area contributed by atoms with E-state index in [1.165, 1.54) is 0 Å². The van der Waals surface area contributed by atoms with Gasteiger partial charge < -0.3 is 14.9 Å². The number of amides is 1. The van der Waals surface area contributed by atoms with Crippen LogP contribution in [0, 0.1) is 0 Å². The van der Waals surface area contributed by atoms with Crippen LogP contribution >= 0.6 is 11.8 Å². The van der Waals surface area contributed by atoms with Crippen LogP contribution in [0.25, 0.3) is 0 Å². The lowest BCUT2D eigenvalue weighted by molar-refractivity contribution is 0.0785. The molecule has 0 saturated carbocycles. The summed E-state index contributed by atoms with van der Waals surface area (Å²) in [4.78, 5) is 24.1. The van der Waals surface area contributed by atoms with Crippen LogP contribution in [0.15, 0.2) is 81.5 Å². The van der Waals surface area contributed by atoms with Gasteiger partial charge in [-0.25, -0.2) is 9.38 Å². The van der Waals surface area contributed by atoms with Crippen LogP contribution in [0.3, 0.4) is 0 Å². The molecule has 3 aromatic carbocycles. The minimum absolute atomic E-state index is 0.118. The van der Waals surface area contributed by atoms with Gasteiger partial charge in [-0.3, -0.25) is 4.79 Å². The number of hydrogen-bond acceptors (Lipinski definition) is 5. The van der Waals surface area contributed by atoms with Gasteiger partial charge in [0.05, 0.1) is 5.69 Å². The van der Waals surface area contributed by atoms with E-state index < -0.39 is 6.17 Å². The van der Waals surface area contributed by atoms with Crippen molar-refractivity contribution in [3.05, 3.63) is 83.4 Å². The fourth-order valence-electron chi connectivity index (χ4n) is 4.38. The zero-order chi connectivity index (χ0) is 23.7. The minimum Gasteiger partial charge on any atom is -0.508 e. The molecule has 5 nitrogen and oxygen atoms in total. The fraction of sp³-hybridized carbons (Fsp3) is 0.259. The van der Waals surface area contributed by atoms with E-state index in [0.29, 0.717) is 38.0 Å². The molecule has 1 saturated heterocycles. The second kappa shape index (κ2) is 9.50. The van der Waals surface area contributed by atoms with E-state index in [0.717, 1.165) is 32.4 Å². The first-order chi connectivity index (χ1) is 16.5.